The van der Waals surface area contributed by atoms with E-state index in [0.717, 1.165) is 8.95 Å². The zero-order valence-electron chi connectivity index (χ0n) is 7.92. The molecule has 3 nitrogen and oxygen atoms in total. The summed E-state index contributed by atoms with van der Waals surface area (Å²) in [4.78, 5) is 11.6. The molecule has 1 aromatic rings. The maximum absolute atomic E-state index is 11.6. The Morgan fingerprint density at radius 1 is 1.40 bits per heavy atom. The maximum atomic E-state index is 11.6. The van der Waals surface area contributed by atoms with E-state index in [4.69, 9.17) is 5.26 Å². The van der Waals surface area contributed by atoms with Gasteiger partial charge in [-0.1, -0.05) is 31.9 Å². The Hall–Kier alpha value is -0.860. The molecule has 0 heterocycles. The first-order valence-electron chi connectivity index (χ1n) is 4.19. The van der Waals surface area contributed by atoms with E-state index in [1.54, 1.807) is 19.1 Å². The van der Waals surface area contributed by atoms with E-state index in [1.807, 2.05) is 12.1 Å². The molecule has 1 atom stereocenters. The Morgan fingerprint density at radius 3 is 2.40 bits per heavy atom. The van der Waals surface area contributed by atoms with Gasteiger partial charge in [0, 0.05) is 14.5 Å². The summed E-state index contributed by atoms with van der Waals surface area (Å²) in [6, 6.07) is 6.68. The van der Waals surface area contributed by atoms with E-state index in [0.29, 0.717) is 5.56 Å². The Balaban J connectivity index is 2.88. The van der Waals surface area contributed by atoms with Gasteiger partial charge in [-0.15, -0.1) is 0 Å². The fraction of sp³-hybridized carbons (Fsp3) is 0.200. The second-order valence-electron chi connectivity index (χ2n) is 2.98. The van der Waals surface area contributed by atoms with Crippen LogP contribution in [0.4, 0.5) is 0 Å². The Morgan fingerprint density at radius 2 is 1.93 bits per heavy atom. The lowest BCUT2D eigenvalue weighted by atomic mass is 10.2. The zero-order chi connectivity index (χ0) is 11.4. The predicted octanol–water partition coefficient (Wildman–Crippen LogP) is 2.85. The summed E-state index contributed by atoms with van der Waals surface area (Å²) < 4.78 is 1.62. The highest BCUT2D eigenvalue weighted by Crippen LogP contribution is 2.20. The fourth-order valence-electron chi connectivity index (χ4n) is 0.997. The Kier molecular flexibility index (Phi) is 4.30. The first-order valence-corrected chi connectivity index (χ1v) is 5.78. The summed E-state index contributed by atoms with van der Waals surface area (Å²) in [5.74, 6) is -0.258. The Labute approximate surface area is 105 Å². The van der Waals surface area contributed by atoms with Gasteiger partial charge >= 0.3 is 0 Å². The minimum absolute atomic E-state index is 0.258. The lowest BCUT2D eigenvalue weighted by Crippen LogP contribution is -2.31. The van der Waals surface area contributed by atoms with Gasteiger partial charge in [-0.3, -0.25) is 4.79 Å². The highest BCUT2D eigenvalue weighted by Gasteiger charge is 2.09. The molecule has 0 saturated carbocycles. The van der Waals surface area contributed by atoms with Crippen molar-refractivity contribution in [3.05, 3.63) is 32.7 Å². The van der Waals surface area contributed by atoms with Gasteiger partial charge in [0.1, 0.15) is 6.04 Å². The van der Waals surface area contributed by atoms with Crippen LogP contribution >= 0.6 is 31.9 Å². The molecule has 0 aliphatic carbocycles. The number of benzene rings is 1. The highest BCUT2D eigenvalue weighted by atomic mass is 79.9. The van der Waals surface area contributed by atoms with Crippen LogP contribution in [0.25, 0.3) is 0 Å². The number of rotatable bonds is 2. The van der Waals surface area contributed by atoms with Crippen molar-refractivity contribution in [2.45, 2.75) is 13.0 Å². The third-order valence-electron chi connectivity index (χ3n) is 1.67. The monoisotopic (exact) mass is 330 g/mol. The largest absolute Gasteiger partial charge is 0.337 e. The van der Waals surface area contributed by atoms with Gasteiger partial charge in [-0.25, -0.2) is 0 Å². The van der Waals surface area contributed by atoms with Crippen LogP contribution in [0.2, 0.25) is 0 Å². The van der Waals surface area contributed by atoms with Gasteiger partial charge in [0.05, 0.1) is 6.07 Å². The number of nitriles is 1. The molecule has 15 heavy (non-hydrogen) atoms. The lowest BCUT2D eigenvalue weighted by Gasteiger charge is -2.07. The molecule has 0 aliphatic heterocycles. The topological polar surface area (TPSA) is 52.9 Å². The van der Waals surface area contributed by atoms with Crippen molar-refractivity contribution in [3.63, 3.8) is 0 Å². The summed E-state index contributed by atoms with van der Waals surface area (Å²) in [6.45, 7) is 1.63. The number of nitrogens with zero attached hydrogens (tertiary/aromatic N) is 1. The molecule has 1 rings (SSSR count). The third kappa shape index (κ3) is 3.65. The molecule has 0 aliphatic rings. The number of hydrogen-bond acceptors (Lipinski definition) is 2. The van der Waals surface area contributed by atoms with Gasteiger partial charge < -0.3 is 5.32 Å². The first-order chi connectivity index (χ1) is 7.02. The summed E-state index contributed by atoms with van der Waals surface area (Å²) in [7, 11) is 0. The SMILES string of the molecule is CC(C#N)NC(=O)c1cc(Br)cc(Br)c1. The quantitative estimate of drug-likeness (QED) is 0.906. The molecule has 78 valence electrons. The highest BCUT2D eigenvalue weighted by molar-refractivity contribution is 9.11. The molecule has 0 spiro atoms. The number of hydrogen-bond donors (Lipinski definition) is 1. The van der Waals surface area contributed by atoms with Crippen LogP contribution in [0.3, 0.4) is 0 Å². The van der Waals surface area contributed by atoms with Gasteiger partial charge in [-0.2, -0.15) is 5.26 Å². The molecule has 0 fully saturated rings. The van der Waals surface area contributed by atoms with Crippen LogP contribution in [0.15, 0.2) is 27.1 Å². The second kappa shape index (κ2) is 5.29. The van der Waals surface area contributed by atoms with Crippen molar-refractivity contribution in [2.24, 2.45) is 0 Å². The minimum Gasteiger partial charge on any atom is -0.337 e. The smallest absolute Gasteiger partial charge is 0.252 e. The van der Waals surface area contributed by atoms with Gasteiger partial charge in [0.15, 0.2) is 0 Å². The van der Waals surface area contributed by atoms with Crippen LogP contribution in [0.1, 0.15) is 17.3 Å². The molecule has 0 radical (unpaired) electrons. The van der Waals surface area contributed by atoms with E-state index in [1.165, 1.54) is 0 Å². The fourth-order valence-corrected chi connectivity index (χ4v) is 2.29. The standard InChI is InChI=1S/C10H8Br2N2O/c1-6(5-13)14-10(15)7-2-8(11)4-9(12)3-7/h2-4,6H,1H3,(H,14,15). The van der Waals surface area contributed by atoms with Crippen LogP contribution in [-0.2, 0) is 0 Å². The van der Waals surface area contributed by atoms with Crippen LogP contribution in [-0.4, -0.2) is 11.9 Å². The van der Waals surface area contributed by atoms with E-state index >= 15 is 0 Å². The first kappa shape index (κ1) is 12.2. The lowest BCUT2D eigenvalue weighted by molar-refractivity contribution is 0.0947. The van der Waals surface area contributed by atoms with Crippen LogP contribution in [0, 0.1) is 11.3 Å². The Bertz CT molecular complexity index is 406. The van der Waals surface area contributed by atoms with Crippen molar-refractivity contribution in [1.29, 1.82) is 5.26 Å². The van der Waals surface area contributed by atoms with E-state index < -0.39 is 6.04 Å². The van der Waals surface area contributed by atoms with E-state index in [2.05, 4.69) is 37.2 Å². The molecule has 0 bridgehead atoms. The number of nitrogens with one attached hydrogen (secondary N) is 1. The number of carbonyl (C=O) groups is 1. The molecule has 1 aromatic carbocycles. The van der Waals surface area contributed by atoms with Crippen molar-refractivity contribution in [3.8, 4) is 6.07 Å². The summed E-state index contributed by atoms with van der Waals surface area (Å²) in [5, 5.41) is 11.1. The molecule has 0 aromatic heterocycles. The molecule has 0 saturated heterocycles. The van der Waals surface area contributed by atoms with Crippen molar-refractivity contribution in [2.75, 3.05) is 0 Å². The van der Waals surface area contributed by atoms with Gasteiger partial charge in [-0.05, 0) is 25.1 Å². The molecule has 1 amide bonds. The third-order valence-corrected chi connectivity index (χ3v) is 2.58. The molecule has 1 N–H and O–H groups in total. The average molecular weight is 332 g/mol. The molecule has 1 unspecified atom stereocenters. The van der Waals surface area contributed by atoms with Crippen molar-refractivity contribution < 1.29 is 4.79 Å². The number of carbonyl (C=O) groups excluding carboxylic acids is 1. The van der Waals surface area contributed by atoms with Gasteiger partial charge in [0.2, 0.25) is 0 Å². The van der Waals surface area contributed by atoms with Gasteiger partial charge in [0.25, 0.3) is 5.91 Å². The van der Waals surface area contributed by atoms with Crippen molar-refractivity contribution in [1.82, 2.24) is 5.32 Å². The summed E-state index contributed by atoms with van der Waals surface area (Å²) in [5.41, 5.74) is 0.512. The zero-order valence-corrected chi connectivity index (χ0v) is 11.1. The number of amides is 1. The minimum atomic E-state index is -0.491. The van der Waals surface area contributed by atoms with Crippen molar-refractivity contribution >= 4 is 37.8 Å². The normalized spacial score (nSPS) is 11.6. The predicted molar refractivity (Wildman–Crippen MR) is 64.4 cm³/mol. The second-order valence-corrected chi connectivity index (χ2v) is 4.81. The average Bonchev–Trinajstić information content (AvgIpc) is 2.16. The maximum Gasteiger partial charge on any atom is 0.252 e. The van der Waals surface area contributed by atoms with E-state index in [-0.39, 0.29) is 5.91 Å². The summed E-state index contributed by atoms with van der Waals surface area (Å²) in [6.07, 6.45) is 0. The summed E-state index contributed by atoms with van der Waals surface area (Å²) >= 11 is 6.58. The molecule has 5 heteroatoms. The molecular formula is C10H8Br2N2O. The van der Waals surface area contributed by atoms with Crippen LogP contribution in [0.5, 0.6) is 0 Å². The number of halogens is 2. The molecular weight excluding hydrogens is 324 g/mol. The van der Waals surface area contributed by atoms with Crippen LogP contribution < -0.4 is 5.32 Å². The van der Waals surface area contributed by atoms with E-state index in [9.17, 15) is 4.79 Å².